The van der Waals surface area contributed by atoms with Crippen LogP contribution in [0.15, 0.2) is 194 Å². The van der Waals surface area contributed by atoms with Crippen LogP contribution in [-0.2, 0) is 5.41 Å². The van der Waals surface area contributed by atoms with Crippen molar-refractivity contribution in [1.29, 1.82) is 0 Å². The van der Waals surface area contributed by atoms with Gasteiger partial charge in [-0.25, -0.2) is 0 Å². The van der Waals surface area contributed by atoms with Crippen LogP contribution in [0.5, 0.6) is 11.5 Å². The second kappa shape index (κ2) is 11.4. The Morgan fingerprint density at radius 3 is 1.92 bits per heavy atom. The van der Waals surface area contributed by atoms with Gasteiger partial charge in [0, 0.05) is 36.7 Å². The molecule has 59 heavy (non-hydrogen) atoms. The van der Waals surface area contributed by atoms with E-state index in [9.17, 15) is 0 Å². The summed E-state index contributed by atoms with van der Waals surface area (Å²) in [6.07, 6.45) is 0. The van der Waals surface area contributed by atoms with Crippen molar-refractivity contribution in [2.75, 3.05) is 0 Å². The Morgan fingerprint density at radius 1 is 0.356 bits per heavy atom. The van der Waals surface area contributed by atoms with Crippen molar-refractivity contribution in [3.63, 3.8) is 0 Å². The van der Waals surface area contributed by atoms with E-state index in [1.807, 2.05) is 11.3 Å². The third kappa shape index (κ3) is 4.04. The lowest BCUT2D eigenvalue weighted by molar-refractivity contribution is 0.487. The average molecular weight is 765 g/mol. The molecule has 1 atom stereocenters. The molecular weight excluding hydrogens is 733 g/mol. The van der Waals surface area contributed by atoms with Crippen LogP contribution < -0.4 is 4.74 Å². The van der Waals surface area contributed by atoms with Gasteiger partial charge in [-0.2, -0.15) is 0 Å². The van der Waals surface area contributed by atoms with Gasteiger partial charge in [-0.1, -0.05) is 158 Å². The molecule has 0 radical (unpaired) electrons. The van der Waals surface area contributed by atoms with Crippen molar-refractivity contribution in [3.8, 4) is 67.1 Å². The molecule has 2 heteroatoms. The lowest BCUT2D eigenvalue weighted by Crippen LogP contribution is -2.25. The molecule has 2 aliphatic carbocycles. The van der Waals surface area contributed by atoms with Gasteiger partial charge in [0.05, 0.1) is 5.41 Å². The van der Waals surface area contributed by atoms with Crippen molar-refractivity contribution in [3.05, 3.63) is 216 Å². The number of thiophene rings is 1. The molecule has 10 aromatic carbocycles. The van der Waals surface area contributed by atoms with Crippen molar-refractivity contribution < 1.29 is 4.74 Å². The number of hydrogen-bond acceptors (Lipinski definition) is 2. The van der Waals surface area contributed by atoms with Gasteiger partial charge in [0.1, 0.15) is 11.5 Å². The number of rotatable bonds is 2. The molecule has 0 saturated heterocycles. The number of hydrogen-bond donors (Lipinski definition) is 0. The Hall–Kier alpha value is -7.26. The summed E-state index contributed by atoms with van der Waals surface area (Å²) < 4.78 is 9.42. The number of fused-ring (bicyclic) bond motifs is 17. The van der Waals surface area contributed by atoms with Crippen LogP contribution in [0.2, 0.25) is 0 Å². The predicted octanol–water partition coefficient (Wildman–Crippen LogP) is 15.8. The molecule has 0 fully saturated rings. The maximum absolute atomic E-state index is 6.78. The van der Waals surface area contributed by atoms with E-state index >= 15 is 0 Å². The van der Waals surface area contributed by atoms with Crippen molar-refractivity contribution >= 4 is 53.1 Å². The first kappa shape index (κ1) is 31.8. The van der Waals surface area contributed by atoms with Gasteiger partial charge < -0.3 is 4.74 Å². The summed E-state index contributed by atoms with van der Waals surface area (Å²) in [5.74, 6) is 1.80. The highest BCUT2D eigenvalue weighted by Gasteiger charge is 2.52. The van der Waals surface area contributed by atoms with Crippen molar-refractivity contribution in [2.24, 2.45) is 0 Å². The first-order valence-corrected chi connectivity index (χ1v) is 21.2. The van der Waals surface area contributed by atoms with Gasteiger partial charge >= 0.3 is 0 Å². The Labute approximate surface area is 345 Å². The summed E-state index contributed by atoms with van der Waals surface area (Å²) >= 11 is 1.88. The minimum Gasteiger partial charge on any atom is -0.456 e. The van der Waals surface area contributed by atoms with E-state index in [-0.39, 0.29) is 0 Å². The van der Waals surface area contributed by atoms with Gasteiger partial charge in [-0.05, 0) is 119 Å². The van der Waals surface area contributed by atoms with E-state index in [4.69, 9.17) is 4.74 Å². The highest BCUT2D eigenvalue weighted by Crippen LogP contribution is 2.64. The van der Waals surface area contributed by atoms with Crippen LogP contribution in [0.4, 0.5) is 0 Å². The second-order valence-electron chi connectivity index (χ2n) is 16.2. The lowest BCUT2D eigenvalue weighted by Gasteiger charge is -2.31. The topological polar surface area (TPSA) is 9.23 Å². The maximum atomic E-state index is 6.78. The van der Waals surface area contributed by atoms with Crippen LogP contribution in [-0.4, -0.2) is 0 Å². The first-order valence-electron chi connectivity index (χ1n) is 20.4. The fourth-order valence-electron chi connectivity index (χ4n) is 11.1. The molecule has 1 unspecified atom stereocenters. The van der Waals surface area contributed by atoms with E-state index in [0.717, 1.165) is 17.1 Å². The predicted molar refractivity (Wildman–Crippen MR) is 247 cm³/mol. The summed E-state index contributed by atoms with van der Waals surface area (Å²) in [5, 5.41) is 7.59. The standard InChI is InChI=1S/C57H32OS/c1-2-12-36-33(11-1)24-28-49-54(36)45-15-4-7-21-48(45)57(49)47-20-6-3-13-38(47)39-26-23-35(32-50(39)57)34-25-29-51-46(31-34)42-17-9-16-41-37(27-30-52(58-51)55(41)42)43-18-10-19-44-40-14-5-8-22-53(40)59-56(43)44/h1-32H. The SMILES string of the molecule is c1ccc2c(c1)-c1ccc(-c3ccc4c(c3)-c3cccc5c(-c6cccc7c6sc6ccccc67)ccc(c35)O4)cc1C21c2ccccc2-c2c1ccc1ccccc21. The minimum atomic E-state index is -0.423. The first-order chi connectivity index (χ1) is 29.3. The molecule has 11 aromatic rings. The number of benzene rings is 10. The molecule has 14 rings (SSSR count). The smallest absolute Gasteiger partial charge is 0.135 e. The summed E-state index contributed by atoms with van der Waals surface area (Å²) in [7, 11) is 0. The summed E-state index contributed by atoms with van der Waals surface area (Å²) in [6.45, 7) is 0. The van der Waals surface area contributed by atoms with Gasteiger partial charge in [0.2, 0.25) is 0 Å². The van der Waals surface area contributed by atoms with E-state index in [2.05, 4.69) is 194 Å². The third-order valence-electron chi connectivity index (χ3n) is 13.5. The zero-order valence-electron chi connectivity index (χ0n) is 31.8. The Bertz CT molecular complexity index is 3660. The molecule has 0 N–H and O–H groups in total. The minimum absolute atomic E-state index is 0.423. The third-order valence-corrected chi connectivity index (χ3v) is 14.7. The highest BCUT2D eigenvalue weighted by atomic mass is 32.1. The molecular formula is C57H32OS. The lowest BCUT2D eigenvalue weighted by atomic mass is 9.70. The molecule has 3 aliphatic rings. The molecule has 272 valence electrons. The molecule has 2 heterocycles. The number of ether oxygens (including phenoxy) is 1. The maximum Gasteiger partial charge on any atom is 0.135 e. The molecule has 1 nitrogen and oxygen atoms in total. The largest absolute Gasteiger partial charge is 0.456 e. The van der Waals surface area contributed by atoms with E-state index in [1.54, 1.807) is 0 Å². The fourth-order valence-corrected chi connectivity index (χ4v) is 12.3. The van der Waals surface area contributed by atoms with E-state index in [0.29, 0.717) is 0 Å². The monoisotopic (exact) mass is 764 g/mol. The van der Waals surface area contributed by atoms with Crippen molar-refractivity contribution in [1.82, 2.24) is 0 Å². The molecule has 1 aliphatic heterocycles. The fraction of sp³-hybridized carbons (Fsp3) is 0.0175. The highest BCUT2D eigenvalue weighted by molar-refractivity contribution is 7.26. The Morgan fingerprint density at radius 2 is 1.00 bits per heavy atom. The molecule has 1 spiro atoms. The normalized spacial score (nSPS) is 15.3. The summed E-state index contributed by atoms with van der Waals surface area (Å²) in [6, 6.07) is 72.4. The van der Waals surface area contributed by atoms with Crippen LogP contribution >= 0.6 is 11.3 Å². The van der Waals surface area contributed by atoms with Gasteiger partial charge in [0.25, 0.3) is 0 Å². The van der Waals surface area contributed by atoms with Crippen LogP contribution in [0.3, 0.4) is 0 Å². The Balaban J connectivity index is 0.962. The molecule has 1 aromatic heterocycles. The van der Waals surface area contributed by atoms with E-state index in [1.165, 1.54) is 114 Å². The van der Waals surface area contributed by atoms with Gasteiger partial charge in [-0.3, -0.25) is 0 Å². The van der Waals surface area contributed by atoms with E-state index < -0.39 is 5.41 Å². The van der Waals surface area contributed by atoms with Crippen LogP contribution in [0, 0.1) is 0 Å². The second-order valence-corrected chi connectivity index (χ2v) is 17.3. The average Bonchev–Trinajstić information content (AvgIpc) is 3.93. The van der Waals surface area contributed by atoms with Gasteiger partial charge in [-0.15, -0.1) is 11.3 Å². The molecule has 0 saturated carbocycles. The zero-order chi connectivity index (χ0) is 38.4. The molecule has 0 bridgehead atoms. The van der Waals surface area contributed by atoms with Gasteiger partial charge in [0.15, 0.2) is 0 Å². The quantitative estimate of drug-likeness (QED) is 0.170. The summed E-state index contributed by atoms with van der Waals surface area (Å²) in [5.41, 5.74) is 17.5. The Kier molecular flexibility index (Phi) is 6.16. The van der Waals surface area contributed by atoms with Crippen LogP contribution in [0.25, 0.3) is 97.4 Å². The zero-order valence-corrected chi connectivity index (χ0v) is 32.6. The summed E-state index contributed by atoms with van der Waals surface area (Å²) in [4.78, 5) is 0. The molecule has 0 amide bonds. The van der Waals surface area contributed by atoms with Crippen molar-refractivity contribution in [2.45, 2.75) is 5.41 Å². The van der Waals surface area contributed by atoms with Crippen LogP contribution in [0.1, 0.15) is 22.3 Å².